The number of rotatable bonds is 5. The van der Waals surface area contributed by atoms with Crippen LogP contribution in [0.3, 0.4) is 0 Å². The average Bonchev–Trinajstić information content (AvgIpc) is 3.07. The fraction of sp³-hybridized carbons (Fsp3) is 0.222. The fourth-order valence-electron chi connectivity index (χ4n) is 2.67. The number of carbonyl (C=O) groups excluding carboxylic acids is 2. The lowest BCUT2D eigenvalue weighted by atomic mass is 9.98. The second-order valence-electron chi connectivity index (χ2n) is 5.67. The van der Waals surface area contributed by atoms with Crippen molar-refractivity contribution in [1.29, 1.82) is 0 Å². The zero-order valence-electron chi connectivity index (χ0n) is 13.6. The zero-order valence-corrected chi connectivity index (χ0v) is 13.6. The van der Waals surface area contributed by atoms with Crippen molar-refractivity contribution in [2.45, 2.75) is 12.1 Å². The lowest BCUT2D eigenvalue weighted by Gasteiger charge is -2.22. The predicted octanol–water partition coefficient (Wildman–Crippen LogP) is 1.72. The standard InChI is InChI=1S/C18H18FN3O3/c1-25-14-8-4-12(5-9-14)16(11-2-6-13(19)7-3-11)22-17(23)15-10-20-18(24)21-15/h2-9,15-16H,10H2,1H3,(H,22,23)(H2,20,21,24)/t15-,16+/m0/s1. The molecule has 130 valence electrons. The van der Waals surface area contributed by atoms with Gasteiger partial charge in [-0.2, -0.15) is 0 Å². The highest BCUT2D eigenvalue weighted by molar-refractivity contribution is 5.90. The Morgan fingerprint density at radius 1 is 1.16 bits per heavy atom. The van der Waals surface area contributed by atoms with Gasteiger partial charge in [0.25, 0.3) is 0 Å². The van der Waals surface area contributed by atoms with E-state index in [1.54, 1.807) is 31.4 Å². The van der Waals surface area contributed by atoms with Gasteiger partial charge in [-0.05, 0) is 35.4 Å². The van der Waals surface area contributed by atoms with Gasteiger partial charge in [0, 0.05) is 6.54 Å². The van der Waals surface area contributed by atoms with Gasteiger partial charge in [0.2, 0.25) is 5.91 Å². The maximum Gasteiger partial charge on any atom is 0.315 e. The molecule has 0 unspecified atom stereocenters. The van der Waals surface area contributed by atoms with Gasteiger partial charge >= 0.3 is 6.03 Å². The number of methoxy groups -OCH3 is 1. The summed E-state index contributed by atoms with van der Waals surface area (Å²) < 4.78 is 18.4. The van der Waals surface area contributed by atoms with E-state index in [4.69, 9.17) is 4.74 Å². The first kappa shape index (κ1) is 16.8. The molecular weight excluding hydrogens is 325 g/mol. The molecule has 25 heavy (non-hydrogen) atoms. The first-order valence-corrected chi connectivity index (χ1v) is 7.81. The van der Waals surface area contributed by atoms with Crippen molar-refractivity contribution in [2.24, 2.45) is 0 Å². The molecule has 0 saturated carbocycles. The molecular formula is C18H18FN3O3. The Hall–Kier alpha value is -3.09. The van der Waals surface area contributed by atoms with E-state index in [0.717, 1.165) is 11.1 Å². The number of ether oxygens (including phenoxy) is 1. The van der Waals surface area contributed by atoms with Crippen LogP contribution in [0.4, 0.5) is 9.18 Å². The molecule has 3 rings (SSSR count). The van der Waals surface area contributed by atoms with Crippen molar-refractivity contribution >= 4 is 11.9 Å². The highest BCUT2D eigenvalue weighted by Gasteiger charge is 2.29. The lowest BCUT2D eigenvalue weighted by Crippen LogP contribution is -2.44. The largest absolute Gasteiger partial charge is 0.497 e. The SMILES string of the molecule is COc1ccc([C@H](NC(=O)[C@@H]2CNC(=O)N2)c2ccc(F)cc2)cc1. The minimum Gasteiger partial charge on any atom is -0.497 e. The summed E-state index contributed by atoms with van der Waals surface area (Å²) in [5.74, 6) is 0.0273. The third-order valence-electron chi connectivity index (χ3n) is 4.03. The number of carbonyl (C=O) groups is 2. The Morgan fingerprint density at radius 2 is 1.76 bits per heavy atom. The predicted molar refractivity (Wildman–Crippen MR) is 89.7 cm³/mol. The van der Waals surface area contributed by atoms with Crippen LogP contribution in [0.2, 0.25) is 0 Å². The maximum absolute atomic E-state index is 13.2. The van der Waals surface area contributed by atoms with Gasteiger partial charge in [0.05, 0.1) is 13.2 Å². The molecule has 2 atom stereocenters. The van der Waals surface area contributed by atoms with Gasteiger partial charge in [-0.1, -0.05) is 24.3 Å². The van der Waals surface area contributed by atoms with E-state index in [0.29, 0.717) is 5.75 Å². The molecule has 1 aliphatic heterocycles. The molecule has 6 nitrogen and oxygen atoms in total. The molecule has 3 N–H and O–H groups in total. The quantitative estimate of drug-likeness (QED) is 0.773. The summed E-state index contributed by atoms with van der Waals surface area (Å²) in [6, 6.07) is 11.7. The lowest BCUT2D eigenvalue weighted by molar-refractivity contribution is -0.122. The molecule has 0 aromatic heterocycles. The van der Waals surface area contributed by atoms with Crippen molar-refractivity contribution in [3.05, 3.63) is 65.5 Å². The smallest absolute Gasteiger partial charge is 0.315 e. The van der Waals surface area contributed by atoms with Crippen LogP contribution in [-0.2, 0) is 4.79 Å². The summed E-state index contributed by atoms with van der Waals surface area (Å²) >= 11 is 0. The maximum atomic E-state index is 13.2. The zero-order chi connectivity index (χ0) is 17.8. The van der Waals surface area contributed by atoms with Crippen molar-refractivity contribution < 1.29 is 18.7 Å². The fourth-order valence-corrected chi connectivity index (χ4v) is 2.67. The summed E-state index contributed by atoms with van der Waals surface area (Å²) in [5, 5.41) is 8.01. The Labute approximate surface area is 144 Å². The molecule has 2 aromatic rings. The molecule has 0 spiro atoms. The van der Waals surface area contributed by atoms with E-state index in [-0.39, 0.29) is 24.3 Å². The van der Waals surface area contributed by atoms with Crippen LogP contribution in [0.25, 0.3) is 0 Å². The molecule has 1 aliphatic rings. The number of amides is 3. The van der Waals surface area contributed by atoms with Crippen LogP contribution < -0.4 is 20.7 Å². The molecule has 0 radical (unpaired) electrons. The third kappa shape index (κ3) is 3.88. The molecule has 2 aromatic carbocycles. The molecule has 1 saturated heterocycles. The van der Waals surface area contributed by atoms with E-state index < -0.39 is 12.1 Å². The van der Waals surface area contributed by atoms with Gasteiger partial charge in [0.15, 0.2) is 0 Å². The number of halogens is 1. The van der Waals surface area contributed by atoms with Crippen LogP contribution in [0.1, 0.15) is 17.2 Å². The minimum atomic E-state index is -0.645. The van der Waals surface area contributed by atoms with Gasteiger partial charge < -0.3 is 20.7 Å². The number of benzene rings is 2. The number of hydrogen-bond donors (Lipinski definition) is 3. The van der Waals surface area contributed by atoms with Crippen LogP contribution >= 0.6 is 0 Å². The minimum absolute atomic E-state index is 0.226. The first-order chi connectivity index (χ1) is 12.1. The highest BCUT2D eigenvalue weighted by atomic mass is 19.1. The Morgan fingerprint density at radius 3 is 2.28 bits per heavy atom. The second-order valence-corrected chi connectivity index (χ2v) is 5.67. The van der Waals surface area contributed by atoms with E-state index >= 15 is 0 Å². The van der Waals surface area contributed by atoms with Crippen LogP contribution in [-0.4, -0.2) is 31.6 Å². The number of urea groups is 1. The van der Waals surface area contributed by atoms with E-state index in [2.05, 4.69) is 16.0 Å². The van der Waals surface area contributed by atoms with Gasteiger partial charge in [-0.15, -0.1) is 0 Å². The summed E-state index contributed by atoms with van der Waals surface area (Å²) in [4.78, 5) is 23.7. The summed E-state index contributed by atoms with van der Waals surface area (Å²) in [6.45, 7) is 0.226. The van der Waals surface area contributed by atoms with Gasteiger partial charge in [-0.3, -0.25) is 4.79 Å². The number of nitrogens with one attached hydrogen (secondary N) is 3. The van der Waals surface area contributed by atoms with E-state index in [1.807, 2.05) is 12.1 Å². The van der Waals surface area contributed by atoms with Crippen molar-refractivity contribution in [3.8, 4) is 5.75 Å². The Balaban J connectivity index is 1.86. The average molecular weight is 343 g/mol. The summed E-state index contributed by atoms with van der Waals surface area (Å²) in [6.07, 6.45) is 0. The topological polar surface area (TPSA) is 79.5 Å². The Kier molecular flexibility index (Phi) is 4.83. The monoisotopic (exact) mass is 343 g/mol. The van der Waals surface area contributed by atoms with E-state index in [1.165, 1.54) is 12.1 Å². The van der Waals surface area contributed by atoms with Crippen molar-refractivity contribution in [3.63, 3.8) is 0 Å². The number of hydrogen-bond acceptors (Lipinski definition) is 3. The first-order valence-electron chi connectivity index (χ1n) is 7.81. The van der Waals surface area contributed by atoms with E-state index in [9.17, 15) is 14.0 Å². The summed E-state index contributed by atoms with van der Waals surface area (Å²) in [5.41, 5.74) is 1.55. The van der Waals surface area contributed by atoms with Crippen molar-refractivity contribution in [1.82, 2.24) is 16.0 Å². The highest BCUT2D eigenvalue weighted by Crippen LogP contribution is 2.24. The van der Waals surface area contributed by atoms with Crippen LogP contribution in [0.15, 0.2) is 48.5 Å². The van der Waals surface area contributed by atoms with Crippen LogP contribution in [0, 0.1) is 5.82 Å². The molecule has 3 amide bonds. The third-order valence-corrected chi connectivity index (χ3v) is 4.03. The van der Waals surface area contributed by atoms with Gasteiger partial charge in [-0.25, -0.2) is 9.18 Å². The van der Waals surface area contributed by atoms with Crippen LogP contribution in [0.5, 0.6) is 5.75 Å². The second kappa shape index (κ2) is 7.21. The van der Waals surface area contributed by atoms with Gasteiger partial charge in [0.1, 0.15) is 17.6 Å². The summed E-state index contributed by atoms with van der Waals surface area (Å²) in [7, 11) is 1.57. The molecule has 0 aliphatic carbocycles. The van der Waals surface area contributed by atoms with Crippen molar-refractivity contribution in [2.75, 3.05) is 13.7 Å². The normalized spacial score (nSPS) is 17.4. The molecule has 1 fully saturated rings. The molecule has 7 heteroatoms. The molecule has 0 bridgehead atoms. The Bertz CT molecular complexity index is 762. The molecule has 1 heterocycles.